The average Bonchev–Trinajstić information content (AvgIpc) is 2.52. The Hall–Kier alpha value is -2.09. The monoisotopic (exact) mass is 281 g/mol. The molecule has 0 saturated heterocycles. The van der Waals surface area contributed by atoms with Gasteiger partial charge in [-0.2, -0.15) is 0 Å². The minimum atomic E-state index is 0.521. The Kier molecular flexibility index (Phi) is 6.01. The van der Waals surface area contributed by atoms with Crippen molar-refractivity contribution in [2.75, 3.05) is 6.61 Å². The van der Waals surface area contributed by atoms with Gasteiger partial charge < -0.3 is 4.84 Å². The molecular formula is C19H23NO. The first-order valence-electron chi connectivity index (χ1n) is 7.54. The maximum absolute atomic E-state index is 5.18. The Morgan fingerprint density at radius 2 is 1.62 bits per heavy atom. The second kappa shape index (κ2) is 8.25. The molecule has 0 aliphatic rings. The Labute approximate surface area is 127 Å². The lowest BCUT2D eigenvalue weighted by molar-refractivity contribution is 0.119. The molecule has 0 saturated carbocycles. The van der Waals surface area contributed by atoms with Crippen molar-refractivity contribution in [1.82, 2.24) is 0 Å². The summed E-state index contributed by atoms with van der Waals surface area (Å²) in [5.74, 6) is 0.521. The molecule has 0 fully saturated rings. The maximum atomic E-state index is 5.18. The fourth-order valence-corrected chi connectivity index (χ4v) is 2.02. The summed E-state index contributed by atoms with van der Waals surface area (Å²) >= 11 is 0. The van der Waals surface area contributed by atoms with E-state index in [1.807, 2.05) is 12.3 Å². The summed E-state index contributed by atoms with van der Waals surface area (Å²) in [5.41, 5.74) is 3.84. The Morgan fingerprint density at radius 3 is 2.29 bits per heavy atom. The van der Waals surface area contributed by atoms with Crippen molar-refractivity contribution in [2.45, 2.75) is 26.7 Å². The van der Waals surface area contributed by atoms with Crippen LogP contribution in [-0.2, 0) is 11.3 Å². The molecule has 21 heavy (non-hydrogen) atoms. The summed E-state index contributed by atoms with van der Waals surface area (Å²) in [5, 5.41) is 3.97. The number of hydrogen-bond donors (Lipinski definition) is 0. The first kappa shape index (κ1) is 15.3. The van der Waals surface area contributed by atoms with E-state index < -0.39 is 0 Å². The zero-order valence-corrected chi connectivity index (χ0v) is 12.8. The van der Waals surface area contributed by atoms with Crippen LogP contribution in [0.2, 0.25) is 0 Å². The molecule has 0 N–H and O–H groups in total. The van der Waals surface area contributed by atoms with E-state index in [0.29, 0.717) is 12.5 Å². The molecule has 0 aromatic heterocycles. The van der Waals surface area contributed by atoms with Crippen molar-refractivity contribution in [3.8, 4) is 11.1 Å². The quantitative estimate of drug-likeness (QED) is 0.520. The minimum Gasteiger partial charge on any atom is -0.396 e. The zero-order valence-electron chi connectivity index (χ0n) is 12.8. The smallest absolute Gasteiger partial charge is 0.119 e. The lowest BCUT2D eigenvalue weighted by atomic mass is 10.0. The van der Waals surface area contributed by atoms with Crippen molar-refractivity contribution in [3.05, 3.63) is 60.2 Å². The molecule has 0 heterocycles. The van der Waals surface area contributed by atoms with Gasteiger partial charge in [-0.3, -0.25) is 0 Å². The van der Waals surface area contributed by atoms with E-state index in [0.717, 1.165) is 12.8 Å². The van der Waals surface area contributed by atoms with Gasteiger partial charge in [0.2, 0.25) is 0 Å². The number of aryl methyl sites for hydroxylation is 1. The topological polar surface area (TPSA) is 21.6 Å². The fourth-order valence-electron chi connectivity index (χ4n) is 2.02. The molecule has 2 aromatic carbocycles. The van der Waals surface area contributed by atoms with E-state index in [9.17, 15) is 0 Å². The van der Waals surface area contributed by atoms with E-state index in [1.54, 1.807) is 0 Å². The van der Waals surface area contributed by atoms with Crippen LogP contribution in [0.3, 0.4) is 0 Å². The molecule has 0 aliphatic heterocycles. The van der Waals surface area contributed by atoms with Crippen molar-refractivity contribution in [3.63, 3.8) is 0 Å². The fraction of sp³-hybridized carbons (Fsp3) is 0.316. The highest BCUT2D eigenvalue weighted by Gasteiger charge is 1.97. The van der Waals surface area contributed by atoms with Gasteiger partial charge in [0.05, 0.1) is 0 Å². The highest BCUT2D eigenvalue weighted by molar-refractivity contribution is 5.63. The molecule has 0 bridgehead atoms. The third-order valence-corrected chi connectivity index (χ3v) is 3.18. The van der Waals surface area contributed by atoms with Gasteiger partial charge in [-0.05, 0) is 35.4 Å². The molecule has 2 heteroatoms. The second-order valence-corrected chi connectivity index (χ2v) is 5.58. The third-order valence-electron chi connectivity index (χ3n) is 3.18. The van der Waals surface area contributed by atoms with Crippen LogP contribution in [0.5, 0.6) is 0 Å². The van der Waals surface area contributed by atoms with Crippen LogP contribution in [0.15, 0.2) is 59.8 Å². The van der Waals surface area contributed by atoms with Crippen molar-refractivity contribution in [1.29, 1.82) is 0 Å². The molecule has 2 nitrogen and oxygen atoms in total. The number of nitrogens with zero attached hydrogens (tertiary/aromatic N) is 1. The molecule has 0 spiro atoms. The van der Waals surface area contributed by atoms with Gasteiger partial charge in [-0.25, -0.2) is 0 Å². The molecule has 0 aliphatic carbocycles. The van der Waals surface area contributed by atoms with Crippen LogP contribution in [0.25, 0.3) is 11.1 Å². The summed E-state index contributed by atoms with van der Waals surface area (Å²) in [6.45, 7) is 4.91. The summed E-state index contributed by atoms with van der Waals surface area (Å²) in [7, 11) is 0. The van der Waals surface area contributed by atoms with Crippen LogP contribution in [0, 0.1) is 5.92 Å². The van der Waals surface area contributed by atoms with Crippen LogP contribution < -0.4 is 0 Å². The minimum absolute atomic E-state index is 0.521. The molecule has 2 aromatic rings. The molecule has 0 amide bonds. The van der Waals surface area contributed by atoms with E-state index in [4.69, 9.17) is 4.84 Å². The largest absolute Gasteiger partial charge is 0.396 e. The number of hydrogen-bond acceptors (Lipinski definition) is 2. The van der Waals surface area contributed by atoms with Crippen LogP contribution in [0.1, 0.15) is 25.8 Å². The van der Waals surface area contributed by atoms with Crippen molar-refractivity contribution in [2.24, 2.45) is 11.1 Å². The van der Waals surface area contributed by atoms with Gasteiger partial charge in [0.25, 0.3) is 0 Å². The summed E-state index contributed by atoms with van der Waals surface area (Å²) in [6, 6.07) is 19.2. The van der Waals surface area contributed by atoms with Gasteiger partial charge in [-0.1, -0.05) is 73.6 Å². The number of rotatable bonds is 7. The van der Waals surface area contributed by atoms with Gasteiger partial charge in [0.1, 0.15) is 6.61 Å². The highest BCUT2D eigenvalue weighted by atomic mass is 16.6. The van der Waals surface area contributed by atoms with Crippen LogP contribution in [-0.4, -0.2) is 12.8 Å². The molecule has 110 valence electrons. The molecule has 2 rings (SSSR count). The average molecular weight is 281 g/mol. The summed E-state index contributed by atoms with van der Waals surface area (Å²) in [6.07, 6.45) is 3.75. The normalized spacial score (nSPS) is 11.2. The van der Waals surface area contributed by atoms with Crippen molar-refractivity contribution >= 4 is 6.21 Å². The zero-order chi connectivity index (χ0) is 14.9. The number of benzene rings is 2. The molecule has 0 radical (unpaired) electrons. The lowest BCUT2D eigenvalue weighted by Crippen LogP contribution is -1.97. The molecule has 0 unspecified atom stereocenters. The lowest BCUT2D eigenvalue weighted by Gasteiger charge is -2.04. The molecular weight excluding hydrogens is 258 g/mol. The Morgan fingerprint density at radius 1 is 0.952 bits per heavy atom. The first-order valence-corrected chi connectivity index (χ1v) is 7.54. The van der Waals surface area contributed by atoms with E-state index in [1.165, 1.54) is 16.7 Å². The van der Waals surface area contributed by atoms with E-state index >= 15 is 0 Å². The van der Waals surface area contributed by atoms with E-state index in [2.05, 4.69) is 67.5 Å². The summed E-state index contributed by atoms with van der Waals surface area (Å²) < 4.78 is 0. The van der Waals surface area contributed by atoms with Crippen LogP contribution >= 0.6 is 0 Å². The SMILES string of the molecule is CC(C)CO/N=C/CCc1ccc(-c2ccccc2)cc1. The second-order valence-electron chi connectivity index (χ2n) is 5.58. The van der Waals surface area contributed by atoms with Gasteiger partial charge >= 0.3 is 0 Å². The van der Waals surface area contributed by atoms with Gasteiger partial charge in [0, 0.05) is 6.21 Å². The highest BCUT2D eigenvalue weighted by Crippen LogP contribution is 2.19. The standard InChI is InChI=1S/C19H23NO/c1-16(2)15-21-20-14-6-7-17-10-12-19(13-11-17)18-8-4-3-5-9-18/h3-5,8-14,16H,6-7,15H2,1-2H3/b20-14+. The van der Waals surface area contributed by atoms with Crippen molar-refractivity contribution < 1.29 is 4.84 Å². The third kappa shape index (κ3) is 5.42. The van der Waals surface area contributed by atoms with Crippen LogP contribution in [0.4, 0.5) is 0 Å². The van der Waals surface area contributed by atoms with Gasteiger partial charge in [-0.15, -0.1) is 0 Å². The number of oxime groups is 1. The van der Waals surface area contributed by atoms with Gasteiger partial charge in [0.15, 0.2) is 0 Å². The maximum Gasteiger partial charge on any atom is 0.119 e. The summed E-state index contributed by atoms with van der Waals surface area (Å²) in [4.78, 5) is 5.18. The first-order chi connectivity index (χ1) is 10.3. The Balaban J connectivity index is 1.80. The van der Waals surface area contributed by atoms with E-state index in [-0.39, 0.29) is 0 Å². The Bertz CT molecular complexity index is 544. The molecule has 0 atom stereocenters. The predicted octanol–water partition coefficient (Wildman–Crippen LogP) is 4.94. The predicted molar refractivity (Wildman–Crippen MR) is 89.5 cm³/mol.